The number of nitrogens with two attached hydrogens (primary N) is 1. The van der Waals surface area contributed by atoms with Crippen molar-refractivity contribution < 1.29 is 9.63 Å². The van der Waals surface area contributed by atoms with E-state index in [2.05, 4.69) is 12.4 Å². The molecule has 1 atom stereocenters. The first-order valence-electron chi connectivity index (χ1n) is 5.32. The summed E-state index contributed by atoms with van der Waals surface area (Å²) in [5.41, 5.74) is 7.70. The van der Waals surface area contributed by atoms with Crippen LogP contribution in [0.5, 0.6) is 0 Å². The summed E-state index contributed by atoms with van der Waals surface area (Å²) < 4.78 is 0. The number of unbranched alkanes of at least 4 members (excludes halogenated alkanes) is 3. The Balaban J connectivity index is 3.19. The molecule has 0 aromatic carbocycles. The lowest BCUT2D eigenvalue weighted by molar-refractivity contribution is -0.126. The topological polar surface area (TPSA) is 64.3 Å². The van der Waals surface area contributed by atoms with Crippen molar-refractivity contribution in [1.29, 1.82) is 0 Å². The molecule has 4 nitrogen and oxygen atoms in total. The van der Waals surface area contributed by atoms with Crippen LogP contribution in [0.4, 0.5) is 0 Å². The van der Waals surface area contributed by atoms with Crippen molar-refractivity contribution in [2.75, 3.05) is 6.61 Å². The highest BCUT2D eigenvalue weighted by Crippen LogP contribution is 2.04. The third-order valence-corrected chi connectivity index (χ3v) is 1.99. The molecule has 14 heavy (non-hydrogen) atoms. The van der Waals surface area contributed by atoms with Gasteiger partial charge in [-0.1, -0.05) is 32.6 Å². The highest BCUT2D eigenvalue weighted by Gasteiger charge is 2.01. The van der Waals surface area contributed by atoms with Gasteiger partial charge in [-0.05, 0) is 13.3 Å². The van der Waals surface area contributed by atoms with Crippen LogP contribution in [-0.4, -0.2) is 18.6 Å². The van der Waals surface area contributed by atoms with Crippen LogP contribution in [-0.2, 0) is 9.63 Å². The van der Waals surface area contributed by atoms with Crippen LogP contribution in [0.25, 0.3) is 0 Å². The maximum atomic E-state index is 10.3. The number of rotatable bonds is 9. The second kappa shape index (κ2) is 8.97. The number of carbonyl (C=O) groups excluding carboxylic acids is 1. The molecule has 84 valence electrons. The molecule has 0 aliphatic heterocycles. The number of hydroxylamine groups is 1. The minimum absolute atomic E-state index is 0.0562. The molecule has 0 heterocycles. The Morgan fingerprint density at radius 3 is 2.71 bits per heavy atom. The Morgan fingerprint density at radius 1 is 1.43 bits per heavy atom. The third kappa shape index (κ3) is 9.48. The summed E-state index contributed by atoms with van der Waals surface area (Å²) in [6.45, 7) is 4.17. The number of nitrogens with one attached hydrogen (secondary N) is 1. The fraction of sp³-hybridized carbons (Fsp3) is 0.900. The van der Waals surface area contributed by atoms with Gasteiger partial charge >= 0.3 is 0 Å². The molecule has 0 bridgehead atoms. The molecule has 1 amide bonds. The molecule has 0 saturated heterocycles. The Kier molecular flexibility index (Phi) is 8.57. The monoisotopic (exact) mass is 202 g/mol. The van der Waals surface area contributed by atoms with Crippen LogP contribution in [0.3, 0.4) is 0 Å². The number of hydrogen-bond acceptors (Lipinski definition) is 3. The van der Waals surface area contributed by atoms with E-state index in [4.69, 9.17) is 10.6 Å². The molecular formula is C10H22N2O2. The van der Waals surface area contributed by atoms with Crippen molar-refractivity contribution >= 4 is 5.91 Å². The van der Waals surface area contributed by atoms with E-state index >= 15 is 0 Å². The fourth-order valence-corrected chi connectivity index (χ4v) is 1.19. The molecule has 0 aliphatic rings. The van der Waals surface area contributed by atoms with Gasteiger partial charge in [-0.15, -0.1) is 0 Å². The van der Waals surface area contributed by atoms with Crippen molar-refractivity contribution in [3.63, 3.8) is 0 Å². The van der Waals surface area contributed by atoms with Crippen molar-refractivity contribution in [2.45, 2.75) is 52.0 Å². The first-order valence-corrected chi connectivity index (χ1v) is 5.32. The Labute approximate surface area is 86.1 Å². The largest absolute Gasteiger partial charge is 0.368 e. The van der Waals surface area contributed by atoms with Gasteiger partial charge in [0, 0.05) is 6.04 Å². The Bertz CT molecular complexity index is 151. The molecule has 0 aliphatic carbocycles. The van der Waals surface area contributed by atoms with Gasteiger partial charge in [-0.25, -0.2) is 0 Å². The lowest BCUT2D eigenvalue weighted by atomic mass is 10.1. The van der Waals surface area contributed by atoms with Crippen LogP contribution in [0, 0.1) is 0 Å². The predicted octanol–water partition coefficient (Wildman–Crippen LogP) is 1.35. The zero-order valence-electron chi connectivity index (χ0n) is 9.21. The van der Waals surface area contributed by atoms with E-state index in [1.54, 1.807) is 0 Å². The molecule has 0 aromatic heterocycles. The maximum absolute atomic E-state index is 10.3. The summed E-state index contributed by atoms with van der Waals surface area (Å²) in [6.07, 6.45) is 6.06. The molecule has 0 fully saturated rings. The maximum Gasteiger partial charge on any atom is 0.245 e. The molecule has 0 rings (SSSR count). The zero-order valence-corrected chi connectivity index (χ0v) is 9.21. The van der Waals surface area contributed by atoms with Crippen molar-refractivity contribution in [3.05, 3.63) is 0 Å². The second-order valence-corrected chi connectivity index (χ2v) is 3.62. The summed E-state index contributed by atoms with van der Waals surface area (Å²) >= 11 is 0. The molecule has 0 saturated carbocycles. The summed E-state index contributed by atoms with van der Waals surface area (Å²) in [4.78, 5) is 15.2. The van der Waals surface area contributed by atoms with Gasteiger partial charge in [0.05, 0.1) is 0 Å². The van der Waals surface area contributed by atoms with Crippen molar-refractivity contribution in [2.24, 2.45) is 5.73 Å². The minimum Gasteiger partial charge on any atom is -0.368 e. The average molecular weight is 202 g/mol. The number of primary amides is 1. The van der Waals surface area contributed by atoms with Crippen LogP contribution in [0.2, 0.25) is 0 Å². The highest BCUT2D eigenvalue weighted by molar-refractivity contribution is 5.74. The van der Waals surface area contributed by atoms with Gasteiger partial charge in [0.15, 0.2) is 0 Å². The van der Waals surface area contributed by atoms with E-state index in [1.165, 1.54) is 25.7 Å². The highest BCUT2D eigenvalue weighted by atomic mass is 16.6. The summed E-state index contributed by atoms with van der Waals surface area (Å²) in [6, 6.07) is 0.284. The van der Waals surface area contributed by atoms with Crippen molar-refractivity contribution in [1.82, 2.24) is 5.48 Å². The fourth-order valence-electron chi connectivity index (χ4n) is 1.19. The predicted molar refractivity (Wildman–Crippen MR) is 56.5 cm³/mol. The number of amides is 1. The van der Waals surface area contributed by atoms with Gasteiger partial charge in [0.2, 0.25) is 5.91 Å². The molecule has 1 unspecified atom stereocenters. The first-order chi connectivity index (χ1) is 6.66. The molecule has 0 spiro atoms. The lowest BCUT2D eigenvalue weighted by Crippen LogP contribution is -2.30. The van der Waals surface area contributed by atoms with Gasteiger partial charge in [0.25, 0.3) is 0 Å². The van der Waals surface area contributed by atoms with Gasteiger partial charge in [-0.2, -0.15) is 5.48 Å². The van der Waals surface area contributed by atoms with E-state index in [0.717, 1.165) is 6.42 Å². The molecule has 4 heteroatoms. The second-order valence-electron chi connectivity index (χ2n) is 3.62. The van der Waals surface area contributed by atoms with E-state index in [1.807, 2.05) is 6.92 Å². The smallest absolute Gasteiger partial charge is 0.245 e. The lowest BCUT2D eigenvalue weighted by Gasteiger charge is -2.12. The van der Waals surface area contributed by atoms with Crippen LogP contribution in [0.15, 0.2) is 0 Å². The Morgan fingerprint density at radius 2 is 2.14 bits per heavy atom. The average Bonchev–Trinajstić information content (AvgIpc) is 2.12. The van der Waals surface area contributed by atoms with E-state index in [0.29, 0.717) is 0 Å². The van der Waals surface area contributed by atoms with E-state index in [-0.39, 0.29) is 12.6 Å². The van der Waals surface area contributed by atoms with Crippen LogP contribution < -0.4 is 11.2 Å². The quantitative estimate of drug-likeness (QED) is 0.438. The van der Waals surface area contributed by atoms with E-state index in [9.17, 15) is 4.79 Å². The van der Waals surface area contributed by atoms with Crippen molar-refractivity contribution in [3.8, 4) is 0 Å². The third-order valence-electron chi connectivity index (χ3n) is 1.99. The van der Waals surface area contributed by atoms with Gasteiger partial charge < -0.3 is 5.73 Å². The number of hydrogen-bond donors (Lipinski definition) is 2. The molecule has 0 aromatic rings. The first kappa shape index (κ1) is 13.4. The minimum atomic E-state index is -0.448. The van der Waals surface area contributed by atoms with Crippen LogP contribution in [0.1, 0.15) is 46.0 Å². The van der Waals surface area contributed by atoms with Gasteiger partial charge in [-0.3, -0.25) is 9.63 Å². The molecular weight excluding hydrogens is 180 g/mol. The summed E-state index contributed by atoms with van der Waals surface area (Å²) in [5, 5.41) is 0. The summed E-state index contributed by atoms with van der Waals surface area (Å²) in [7, 11) is 0. The Hall–Kier alpha value is -0.610. The van der Waals surface area contributed by atoms with Crippen LogP contribution >= 0.6 is 0 Å². The summed E-state index contributed by atoms with van der Waals surface area (Å²) in [5.74, 6) is -0.448. The standard InChI is InChI=1S/C10H22N2O2/c1-3-4-5-6-7-9(2)12-14-8-10(11)13/h9,12H,3-8H2,1-2H3,(H2,11,13). The normalized spacial score (nSPS) is 12.7. The molecule has 0 radical (unpaired) electrons. The van der Waals surface area contributed by atoms with E-state index < -0.39 is 5.91 Å². The SMILES string of the molecule is CCCCCCC(C)NOCC(N)=O. The number of carbonyl (C=O) groups is 1. The molecule has 3 N–H and O–H groups in total. The van der Waals surface area contributed by atoms with Gasteiger partial charge in [0.1, 0.15) is 6.61 Å². The zero-order chi connectivity index (χ0) is 10.8.